The standard InChI is InChI=1S/C15H17ClN.ClH/c1-3-13-5-4-12(2)17(10-13)11-14-6-8-15(16)9-7-14;/h4-10H,3,11H2,1-2H3;1H/q+1;/p-1. The van der Waals surface area contributed by atoms with Crippen LogP contribution in [0.1, 0.15) is 23.7 Å². The summed E-state index contributed by atoms with van der Waals surface area (Å²) in [5.41, 5.74) is 3.91. The smallest absolute Gasteiger partial charge is 0.178 e. The Bertz CT molecular complexity index is 506. The van der Waals surface area contributed by atoms with E-state index in [2.05, 4.69) is 48.9 Å². The quantitative estimate of drug-likeness (QED) is 0.724. The van der Waals surface area contributed by atoms with Gasteiger partial charge in [-0.25, -0.2) is 0 Å². The van der Waals surface area contributed by atoms with Crippen LogP contribution in [-0.2, 0) is 13.0 Å². The van der Waals surface area contributed by atoms with Gasteiger partial charge in [-0.05, 0) is 24.6 Å². The van der Waals surface area contributed by atoms with Gasteiger partial charge in [0.2, 0.25) is 0 Å². The second-order valence-electron chi connectivity index (χ2n) is 4.29. The van der Waals surface area contributed by atoms with Gasteiger partial charge in [-0.3, -0.25) is 0 Å². The third-order valence-corrected chi connectivity index (χ3v) is 3.24. The van der Waals surface area contributed by atoms with Crippen molar-refractivity contribution < 1.29 is 17.0 Å². The monoisotopic (exact) mass is 281 g/mol. The van der Waals surface area contributed by atoms with Gasteiger partial charge in [-0.15, -0.1) is 0 Å². The molecule has 0 radical (unpaired) electrons. The maximum absolute atomic E-state index is 5.89. The molecule has 3 heteroatoms. The SMILES string of the molecule is CCc1ccc(C)[n+](Cc2ccc(Cl)cc2)c1.[Cl-]. The van der Waals surface area contributed by atoms with Crippen LogP contribution < -0.4 is 17.0 Å². The molecule has 0 saturated carbocycles. The van der Waals surface area contributed by atoms with E-state index in [-0.39, 0.29) is 12.4 Å². The number of aromatic nitrogens is 1. The molecule has 0 aliphatic rings. The molecule has 0 bridgehead atoms. The lowest BCUT2D eigenvalue weighted by Crippen LogP contribution is -3.00. The van der Waals surface area contributed by atoms with Crippen LogP contribution in [0.25, 0.3) is 0 Å². The Balaban J connectivity index is 0.00000162. The summed E-state index contributed by atoms with van der Waals surface area (Å²) in [6, 6.07) is 12.4. The van der Waals surface area contributed by atoms with Crippen molar-refractivity contribution >= 4 is 11.6 Å². The molecule has 2 aromatic rings. The molecule has 0 unspecified atom stereocenters. The molecule has 0 aliphatic heterocycles. The lowest BCUT2D eigenvalue weighted by atomic mass is 10.2. The lowest BCUT2D eigenvalue weighted by molar-refractivity contribution is -0.694. The summed E-state index contributed by atoms with van der Waals surface area (Å²) in [5, 5.41) is 0.790. The Kier molecular flexibility index (Phi) is 5.64. The van der Waals surface area contributed by atoms with Gasteiger partial charge in [-0.2, -0.15) is 4.57 Å². The molecule has 1 aromatic heterocycles. The van der Waals surface area contributed by atoms with E-state index in [4.69, 9.17) is 11.6 Å². The van der Waals surface area contributed by atoms with Crippen LogP contribution in [0.2, 0.25) is 5.02 Å². The van der Waals surface area contributed by atoms with Gasteiger partial charge in [0.25, 0.3) is 0 Å². The first-order chi connectivity index (χ1) is 8.19. The molecule has 0 atom stereocenters. The molecule has 2 rings (SSSR count). The van der Waals surface area contributed by atoms with Crippen molar-refractivity contribution in [1.29, 1.82) is 0 Å². The van der Waals surface area contributed by atoms with Crippen LogP contribution in [-0.4, -0.2) is 0 Å². The molecule has 0 spiro atoms. The highest BCUT2D eigenvalue weighted by molar-refractivity contribution is 6.30. The Labute approximate surface area is 120 Å². The number of hydrogen-bond acceptors (Lipinski definition) is 0. The van der Waals surface area contributed by atoms with E-state index in [1.165, 1.54) is 16.8 Å². The third kappa shape index (κ3) is 3.72. The zero-order valence-electron chi connectivity index (χ0n) is 10.7. The van der Waals surface area contributed by atoms with Gasteiger partial charge in [0, 0.05) is 29.1 Å². The van der Waals surface area contributed by atoms with Gasteiger partial charge < -0.3 is 12.4 Å². The van der Waals surface area contributed by atoms with Gasteiger partial charge in [-0.1, -0.05) is 30.7 Å². The fraction of sp³-hybridized carbons (Fsp3) is 0.267. The number of aryl methyl sites for hydroxylation is 2. The first kappa shape index (κ1) is 15.0. The molecule has 0 saturated heterocycles. The molecule has 0 fully saturated rings. The van der Waals surface area contributed by atoms with E-state index in [0.717, 1.165) is 18.0 Å². The summed E-state index contributed by atoms with van der Waals surface area (Å²) in [4.78, 5) is 0. The van der Waals surface area contributed by atoms with E-state index < -0.39 is 0 Å². The van der Waals surface area contributed by atoms with Crippen molar-refractivity contribution in [2.75, 3.05) is 0 Å². The lowest BCUT2D eigenvalue weighted by Gasteiger charge is -2.03. The summed E-state index contributed by atoms with van der Waals surface area (Å²) in [6.07, 6.45) is 3.30. The van der Waals surface area contributed by atoms with Gasteiger partial charge in [0.05, 0.1) is 0 Å². The van der Waals surface area contributed by atoms with Crippen LogP contribution in [0.3, 0.4) is 0 Å². The fourth-order valence-electron chi connectivity index (χ4n) is 1.83. The minimum absolute atomic E-state index is 0. The topological polar surface area (TPSA) is 3.88 Å². The maximum atomic E-state index is 5.89. The number of benzene rings is 1. The zero-order chi connectivity index (χ0) is 12.3. The van der Waals surface area contributed by atoms with Crippen molar-refractivity contribution in [2.24, 2.45) is 0 Å². The van der Waals surface area contributed by atoms with E-state index in [1.54, 1.807) is 0 Å². The molecular formula is C15H17Cl2N. The van der Waals surface area contributed by atoms with Crippen LogP contribution in [0, 0.1) is 6.92 Å². The summed E-state index contributed by atoms with van der Waals surface area (Å²) >= 11 is 5.89. The van der Waals surface area contributed by atoms with E-state index in [9.17, 15) is 0 Å². The van der Waals surface area contributed by atoms with Crippen molar-refractivity contribution in [3.8, 4) is 0 Å². The first-order valence-corrected chi connectivity index (χ1v) is 6.30. The highest BCUT2D eigenvalue weighted by Gasteiger charge is 2.08. The number of rotatable bonds is 3. The summed E-state index contributed by atoms with van der Waals surface area (Å²) < 4.78 is 2.28. The van der Waals surface area contributed by atoms with Gasteiger partial charge >= 0.3 is 0 Å². The normalized spacial score (nSPS) is 9.94. The number of nitrogens with zero attached hydrogens (tertiary/aromatic N) is 1. The van der Waals surface area contributed by atoms with Gasteiger partial charge in [0.1, 0.15) is 0 Å². The average molecular weight is 282 g/mol. The summed E-state index contributed by atoms with van der Waals surface area (Å²) in [6.45, 7) is 5.21. The molecule has 1 aromatic carbocycles. The molecule has 0 N–H and O–H groups in total. The van der Waals surface area contributed by atoms with Crippen molar-refractivity contribution in [2.45, 2.75) is 26.8 Å². The van der Waals surface area contributed by atoms with Crippen LogP contribution in [0.15, 0.2) is 42.6 Å². The minimum atomic E-state index is 0. The first-order valence-electron chi connectivity index (χ1n) is 5.92. The second kappa shape index (κ2) is 6.77. The van der Waals surface area contributed by atoms with Crippen molar-refractivity contribution in [3.63, 3.8) is 0 Å². The van der Waals surface area contributed by atoms with Gasteiger partial charge in [0.15, 0.2) is 18.4 Å². The van der Waals surface area contributed by atoms with Crippen LogP contribution in [0.4, 0.5) is 0 Å². The number of halogens is 2. The maximum Gasteiger partial charge on any atom is 0.178 e. The molecule has 1 heterocycles. The van der Waals surface area contributed by atoms with Crippen molar-refractivity contribution in [3.05, 3.63) is 64.4 Å². The van der Waals surface area contributed by atoms with Crippen LogP contribution in [0.5, 0.6) is 0 Å². The molecule has 96 valence electrons. The molecule has 1 nitrogen and oxygen atoms in total. The highest BCUT2D eigenvalue weighted by atomic mass is 35.5. The third-order valence-electron chi connectivity index (χ3n) is 2.99. The Morgan fingerprint density at radius 3 is 2.22 bits per heavy atom. The number of hydrogen-bond donors (Lipinski definition) is 0. The molecule has 0 amide bonds. The second-order valence-corrected chi connectivity index (χ2v) is 4.72. The van der Waals surface area contributed by atoms with E-state index in [0.29, 0.717) is 0 Å². The largest absolute Gasteiger partial charge is 1.00 e. The Hall–Kier alpha value is -1.05. The average Bonchev–Trinajstić information content (AvgIpc) is 2.35. The van der Waals surface area contributed by atoms with Crippen LogP contribution >= 0.6 is 11.6 Å². The van der Waals surface area contributed by atoms with E-state index >= 15 is 0 Å². The number of pyridine rings is 1. The predicted octanol–water partition coefficient (Wildman–Crippen LogP) is 0.551. The molecule has 0 aliphatic carbocycles. The molecule has 18 heavy (non-hydrogen) atoms. The Morgan fingerprint density at radius 1 is 1.00 bits per heavy atom. The highest BCUT2D eigenvalue weighted by Crippen LogP contribution is 2.09. The molecular weight excluding hydrogens is 265 g/mol. The minimum Gasteiger partial charge on any atom is -1.00 e. The van der Waals surface area contributed by atoms with E-state index in [1.807, 2.05) is 12.1 Å². The predicted molar refractivity (Wildman–Crippen MR) is 71.3 cm³/mol. The Morgan fingerprint density at radius 2 is 1.61 bits per heavy atom. The summed E-state index contributed by atoms with van der Waals surface area (Å²) in [5.74, 6) is 0. The summed E-state index contributed by atoms with van der Waals surface area (Å²) in [7, 11) is 0. The fourth-order valence-corrected chi connectivity index (χ4v) is 1.96. The zero-order valence-corrected chi connectivity index (χ0v) is 12.2. The van der Waals surface area contributed by atoms with Crippen molar-refractivity contribution in [1.82, 2.24) is 0 Å².